The lowest BCUT2D eigenvalue weighted by atomic mass is 10.1. The maximum Gasteiger partial charge on any atom is 0.194 e. The minimum atomic E-state index is 0.495. The first-order valence-electron chi connectivity index (χ1n) is 9.16. The summed E-state index contributed by atoms with van der Waals surface area (Å²) in [5.41, 5.74) is 1.52. The van der Waals surface area contributed by atoms with Crippen LogP contribution in [0.2, 0.25) is 0 Å². The zero-order chi connectivity index (χ0) is 17.2. The third-order valence-electron chi connectivity index (χ3n) is 5.25. The van der Waals surface area contributed by atoms with Crippen molar-refractivity contribution in [2.45, 2.75) is 40.7 Å². The number of nitrogens with zero attached hydrogens (tertiary/aromatic N) is 4. The van der Waals surface area contributed by atoms with Gasteiger partial charge in [0, 0.05) is 51.9 Å². The van der Waals surface area contributed by atoms with Crippen LogP contribution in [0.15, 0.2) is 15.6 Å². The van der Waals surface area contributed by atoms with Crippen LogP contribution in [0.4, 0.5) is 0 Å². The molecule has 0 amide bonds. The highest BCUT2D eigenvalue weighted by atomic mass is 16.5. The number of guanidine groups is 1. The van der Waals surface area contributed by atoms with Crippen LogP contribution in [0.3, 0.4) is 0 Å². The molecule has 1 saturated heterocycles. The van der Waals surface area contributed by atoms with Gasteiger partial charge in [-0.3, -0.25) is 9.89 Å². The van der Waals surface area contributed by atoms with Gasteiger partial charge < -0.3 is 14.7 Å². The summed E-state index contributed by atoms with van der Waals surface area (Å²) in [5.74, 6) is 2.72. The number of hydrogen-bond donors (Lipinski definition) is 1. The van der Waals surface area contributed by atoms with E-state index < -0.39 is 0 Å². The Balaban J connectivity index is 1.50. The highest BCUT2D eigenvalue weighted by Crippen LogP contribution is 2.51. The van der Waals surface area contributed by atoms with E-state index >= 15 is 0 Å². The molecule has 6 nitrogen and oxygen atoms in total. The molecule has 1 aliphatic carbocycles. The Kier molecular flexibility index (Phi) is 5.13. The van der Waals surface area contributed by atoms with E-state index in [9.17, 15) is 0 Å². The molecule has 134 valence electrons. The van der Waals surface area contributed by atoms with Crippen molar-refractivity contribution in [3.8, 4) is 0 Å². The number of aromatic nitrogens is 1. The second-order valence-corrected chi connectivity index (χ2v) is 7.78. The molecule has 3 rings (SSSR count). The number of aryl methyl sites for hydroxylation is 1. The Labute approximate surface area is 145 Å². The summed E-state index contributed by atoms with van der Waals surface area (Å²) in [6, 6.07) is 2.02. The van der Waals surface area contributed by atoms with E-state index in [1.807, 2.05) is 13.0 Å². The van der Waals surface area contributed by atoms with E-state index in [1.165, 1.54) is 6.42 Å². The second kappa shape index (κ2) is 7.13. The molecule has 6 heteroatoms. The standard InChI is InChI=1S/C18H31N5O/c1-5-19-17(20-12-15-11-18(15,3)4)23-8-6-22(7-9-23)13-16-10-14(2)24-21-16/h10,15H,5-9,11-13H2,1-4H3,(H,19,20). The minimum absolute atomic E-state index is 0.495. The summed E-state index contributed by atoms with van der Waals surface area (Å²) < 4.78 is 5.16. The largest absolute Gasteiger partial charge is 0.361 e. The van der Waals surface area contributed by atoms with E-state index in [4.69, 9.17) is 9.52 Å². The van der Waals surface area contributed by atoms with Gasteiger partial charge in [0.15, 0.2) is 5.96 Å². The topological polar surface area (TPSA) is 56.9 Å². The van der Waals surface area contributed by atoms with Crippen molar-refractivity contribution >= 4 is 5.96 Å². The molecule has 0 spiro atoms. The van der Waals surface area contributed by atoms with Crippen LogP contribution in [0, 0.1) is 18.3 Å². The zero-order valence-corrected chi connectivity index (χ0v) is 15.5. The summed E-state index contributed by atoms with van der Waals surface area (Å²) in [4.78, 5) is 9.72. The highest BCUT2D eigenvalue weighted by molar-refractivity contribution is 5.80. The van der Waals surface area contributed by atoms with E-state index in [-0.39, 0.29) is 0 Å². The highest BCUT2D eigenvalue weighted by Gasteiger charge is 2.45. The van der Waals surface area contributed by atoms with Gasteiger partial charge in [0.1, 0.15) is 5.76 Å². The molecule has 0 aromatic carbocycles. The number of aliphatic imine (C=N–C) groups is 1. The molecule has 1 unspecified atom stereocenters. The van der Waals surface area contributed by atoms with Gasteiger partial charge in [-0.2, -0.15) is 0 Å². The fraction of sp³-hybridized carbons (Fsp3) is 0.778. The Morgan fingerprint density at radius 1 is 1.38 bits per heavy atom. The Hall–Kier alpha value is -1.56. The van der Waals surface area contributed by atoms with Gasteiger partial charge in [0.25, 0.3) is 0 Å². The first kappa shape index (κ1) is 17.3. The van der Waals surface area contributed by atoms with Crippen LogP contribution in [0.1, 0.15) is 38.6 Å². The van der Waals surface area contributed by atoms with Crippen LogP contribution in [0.25, 0.3) is 0 Å². The summed E-state index contributed by atoms with van der Waals surface area (Å²) in [6.45, 7) is 15.6. The van der Waals surface area contributed by atoms with E-state index in [0.29, 0.717) is 5.41 Å². The number of hydrogen-bond acceptors (Lipinski definition) is 4. The molecule has 1 aromatic heterocycles. The van der Waals surface area contributed by atoms with Crippen molar-refractivity contribution in [3.05, 3.63) is 17.5 Å². The van der Waals surface area contributed by atoms with E-state index in [2.05, 4.69) is 41.0 Å². The third kappa shape index (κ3) is 4.29. The first-order chi connectivity index (χ1) is 11.5. The van der Waals surface area contributed by atoms with Crippen LogP contribution >= 0.6 is 0 Å². The van der Waals surface area contributed by atoms with Gasteiger partial charge in [-0.05, 0) is 31.6 Å². The summed E-state index contributed by atoms with van der Waals surface area (Å²) in [6.07, 6.45) is 1.31. The average molecular weight is 333 g/mol. The smallest absolute Gasteiger partial charge is 0.194 e. The minimum Gasteiger partial charge on any atom is -0.361 e. The molecular weight excluding hydrogens is 302 g/mol. The third-order valence-corrected chi connectivity index (χ3v) is 5.25. The van der Waals surface area contributed by atoms with Gasteiger partial charge in [-0.1, -0.05) is 19.0 Å². The normalized spacial score (nSPS) is 24.2. The second-order valence-electron chi connectivity index (χ2n) is 7.78. The Bertz CT molecular complexity index is 572. The molecule has 1 N–H and O–H groups in total. The van der Waals surface area contributed by atoms with Crippen LogP contribution in [-0.4, -0.2) is 60.2 Å². The molecule has 1 aromatic rings. The summed E-state index contributed by atoms with van der Waals surface area (Å²) in [7, 11) is 0. The summed E-state index contributed by atoms with van der Waals surface area (Å²) in [5, 5.41) is 7.56. The lowest BCUT2D eigenvalue weighted by molar-refractivity contribution is 0.169. The van der Waals surface area contributed by atoms with Crippen LogP contribution in [-0.2, 0) is 6.54 Å². The Morgan fingerprint density at radius 3 is 2.62 bits per heavy atom. The maximum atomic E-state index is 5.16. The van der Waals surface area contributed by atoms with Crippen molar-refractivity contribution in [1.82, 2.24) is 20.3 Å². The van der Waals surface area contributed by atoms with Crippen molar-refractivity contribution in [2.24, 2.45) is 16.3 Å². The maximum absolute atomic E-state index is 5.16. The predicted molar refractivity (Wildman–Crippen MR) is 96.0 cm³/mol. The van der Waals surface area contributed by atoms with Gasteiger partial charge in [0.05, 0.1) is 5.69 Å². The van der Waals surface area contributed by atoms with E-state index in [0.717, 1.165) is 69.1 Å². The first-order valence-corrected chi connectivity index (χ1v) is 9.16. The molecule has 1 aliphatic heterocycles. The number of piperazine rings is 1. The molecule has 1 saturated carbocycles. The molecule has 0 radical (unpaired) electrons. The van der Waals surface area contributed by atoms with Crippen LogP contribution in [0.5, 0.6) is 0 Å². The number of nitrogens with one attached hydrogen (secondary N) is 1. The SMILES string of the molecule is CCNC(=NCC1CC1(C)C)N1CCN(Cc2cc(C)on2)CC1. The predicted octanol–water partition coefficient (Wildman–Crippen LogP) is 2.11. The molecular formula is C18H31N5O. The fourth-order valence-electron chi connectivity index (χ4n) is 3.35. The molecule has 0 bridgehead atoms. The quantitative estimate of drug-likeness (QED) is 0.661. The molecule has 2 fully saturated rings. The van der Waals surface area contributed by atoms with Gasteiger partial charge in [-0.15, -0.1) is 0 Å². The van der Waals surface area contributed by atoms with Crippen molar-refractivity contribution < 1.29 is 4.52 Å². The van der Waals surface area contributed by atoms with Crippen molar-refractivity contribution in [3.63, 3.8) is 0 Å². The molecule has 2 aliphatic rings. The van der Waals surface area contributed by atoms with Gasteiger partial charge in [0.2, 0.25) is 0 Å². The monoisotopic (exact) mass is 333 g/mol. The van der Waals surface area contributed by atoms with Crippen molar-refractivity contribution in [1.29, 1.82) is 0 Å². The van der Waals surface area contributed by atoms with E-state index in [1.54, 1.807) is 0 Å². The lowest BCUT2D eigenvalue weighted by Crippen LogP contribution is -2.52. The lowest BCUT2D eigenvalue weighted by Gasteiger charge is -2.36. The van der Waals surface area contributed by atoms with Crippen molar-refractivity contribution in [2.75, 3.05) is 39.3 Å². The molecule has 1 atom stereocenters. The van der Waals surface area contributed by atoms with Gasteiger partial charge >= 0.3 is 0 Å². The number of rotatable bonds is 5. The average Bonchev–Trinajstić information content (AvgIpc) is 2.95. The fourth-order valence-corrected chi connectivity index (χ4v) is 3.35. The Morgan fingerprint density at radius 2 is 2.08 bits per heavy atom. The molecule has 2 heterocycles. The van der Waals surface area contributed by atoms with Gasteiger partial charge in [-0.25, -0.2) is 0 Å². The summed E-state index contributed by atoms with van der Waals surface area (Å²) >= 11 is 0. The van der Waals surface area contributed by atoms with Crippen LogP contribution < -0.4 is 5.32 Å². The molecule has 24 heavy (non-hydrogen) atoms. The zero-order valence-electron chi connectivity index (χ0n) is 15.5.